The van der Waals surface area contributed by atoms with Crippen molar-refractivity contribution < 1.29 is 39.0 Å². The fraction of sp³-hybridized carbons (Fsp3) is 0.684. The Hall–Kier alpha value is -3.22. The predicted octanol–water partition coefficient (Wildman–Crippen LogP) is -2.23. The molecule has 1 fully saturated rings. The summed E-state index contributed by atoms with van der Waals surface area (Å²) in [6.07, 6.45) is -0.279. The van der Waals surface area contributed by atoms with Crippen LogP contribution in [0.4, 0.5) is 0 Å². The van der Waals surface area contributed by atoms with Gasteiger partial charge in [-0.15, -0.1) is 0 Å². The highest BCUT2D eigenvalue weighted by atomic mass is 16.4. The molecule has 1 aliphatic heterocycles. The summed E-state index contributed by atoms with van der Waals surface area (Å²) >= 11 is 0. The number of carboxylic acid groups (broad SMARTS) is 2. The van der Waals surface area contributed by atoms with E-state index in [4.69, 9.17) is 15.9 Å². The minimum atomic E-state index is -1.29. The van der Waals surface area contributed by atoms with Crippen molar-refractivity contribution in [3.8, 4) is 0 Å². The van der Waals surface area contributed by atoms with Crippen LogP contribution in [0.2, 0.25) is 0 Å². The Kier molecular flexibility index (Phi) is 11.1. The van der Waals surface area contributed by atoms with Crippen LogP contribution < -0.4 is 21.7 Å². The quantitative estimate of drug-likeness (QED) is 0.176. The number of nitrogens with one attached hydrogen (secondary N) is 3. The van der Waals surface area contributed by atoms with Gasteiger partial charge < -0.3 is 36.8 Å². The lowest BCUT2D eigenvalue weighted by atomic mass is 10.1. The molecule has 13 heteroatoms. The van der Waals surface area contributed by atoms with Gasteiger partial charge >= 0.3 is 11.9 Å². The van der Waals surface area contributed by atoms with Crippen molar-refractivity contribution in [2.75, 3.05) is 19.6 Å². The van der Waals surface area contributed by atoms with Crippen LogP contribution in [0.25, 0.3) is 0 Å². The lowest BCUT2D eigenvalue weighted by molar-refractivity contribution is -0.140. The van der Waals surface area contributed by atoms with Crippen LogP contribution in [0.3, 0.4) is 0 Å². The third kappa shape index (κ3) is 8.88. The van der Waals surface area contributed by atoms with Crippen LogP contribution >= 0.6 is 0 Å². The molecule has 0 saturated carbocycles. The van der Waals surface area contributed by atoms with Gasteiger partial charge in [0.15, 0.2) is 0 Å². The molecule has 3 atom stereocenters. The summed E-state index contributed by atoms with van der Waals surface area (Å²) in [7, 11) is 0. The summed E-state index contributed by atoms with van der Waals surface area (Å²) in [5, 5.41) is 25.2. The molecule has 1 heterocycles. The molecule has 0 aliphatic carbocycles. The van der Waals surface area contributed by atoms with Crippen molar-refractivity contribution in [3.63, 3.8) is 0 Å². The van der Waals surface area contributed by atoms with Gasteiger partial charge in [0.25, 0.3) is 0 Å². The molecular weight excluding hydrogens is 426 g/mol. The Bertz CT molecular complexity index is 729. The first kappa shape index (κ1) is 26.8. The van der Waals surface area contributed by atoms with Crippen LogP contribution in [0.15, 0.2) is 0 Å². The van der Waals surface area contributed by atoms with Gasteiger partial charge in [-0.3, -0.25) is 28.8 Å². The molecule has 0 spiro atoms. The molecule has 0 radical (unpaired) electrons. The number of carbonyl (C=O) groups is 6. The van der Waals surface area contributed by atoms with Gasteiger partial charge in [-0.25, -0.2) is 0 Å². The number of amides is 4. The maximum atomic E-state index is 12.8. The molecule has 0 aromatic rings. The second kappa shape index (κ2) is 13.2. The highest BCUT2D eigenvalue weighted by Crippen LogP contribution is 2.18. The van der Waals surface area contributed by atoms with E-state index < -0.39 is 60.6 Å². The van der Waals surface area contributed by atoms with Crippen LogP contribution in [-0.4, -0.2) is 88.4 Å². The standard InChI is InChI=1S/C19H31N5O8/c1-11(25)24-10-2-3-14(24)19(32)23-13(5-7-16(28)29)18(31)22-12(4-6-15(26)27)17(30)21-9-8-20/h12-14H,2-10,20H2,1H3,(H,21,30)(H,22,31)(H,23,32)(H,26,27)(H,28,29). The van der Waals surface area contributed by atoms with Gasteiger partial charge in [0.05, 0.1) is 0 Å². The van der Waals surface area contributed by atoms with Gasteiger partial charge in [-0.1, -0.05) is 0 Å². The van der Waals surface area contributed by atoms with E-state index >= 15 is 0 Å². The average Bonchev–Trinajstić information content (AvgIpc) is 3.22. The van der Waals surface area contributed by atoms with Crippen molar-refractivity contribution in [2.45, 2.75) is 63.6 Å². The van der Waals surface area contributed by atoms with Crippen molar-refractivity contribution in [2.24, 2.45) is 5.73 Å². The number of carbonyl (C=O) groups excluding carboxylic acids is 4. The second-order valence-electron chi connectivity index (χ2n) is 7.44. The van der Waals surface area contributed by atoms with E-state index in [-0.39, 0.29) is 31.8 Å². The summed E-state index contributed by atoms with van der Waals surface area (Å²) in [6, 6.07) is -3.28. The minimum Gasteiger partial charge on any atom is -0.481 e. The van der Waals surface area contributed by atoms with Gasteiger partial charge in [0.1, 0.15) is 18.1 Å². The Balaban J connectivity index is 2.93. The van der Waals surface area contributed by atoms with E-state index in [1.165, 1.54) is 11.8 Å². The largest absolute Gasteiger partial charge is 0.481 e. The number of carboxylic acids is 2. The minimum absolute atomic E-state index is 0.111. The van der Waals surface area contributed by atoms with Gasteiger partial charge in [-0.05, 0) is 25.7 Å². The van der Waals surface area contributed by atoms with Crippen molar-refractivity contribution >= 4 is 35.6 Å². The highest BCUT2D eigenvalue weighted by Gasteiger charge is 2.35. The molecule has 4 amide bonds. The average molecular weight is 457 g/mol. The number of hydrogen-bond acceptors (Lipinski definition) is 7. The first-order chi connectivity index (χ1) is 15.1. The molecule has 32 heavy (non-hydrogen) atoms. The van der Waals surface area contributed by atoms with E-state index in [0.717, 1.165) is 0 Å². The third-order valence-corrected chi connectivity index (χ3v) is 4.96. The number of nitrogens with two attached hydrogens (primary N) is 1. The fourth-order valence-corrected chi connectivity index (χ4v) is 3.35. The maximum Gasteiger partial charge on any atom is 0.303 e. The molecule has 180 valence electrons. The highest BCUT2D eigenvalue weighted by molar-refractivity contribution is 5.94. The smallest absolute Gasteiger partial charge is 0.303 e. The monoisotopic (exact) mass is 457 g/mol. The van der Waals surface area contributed by atoms with E-state index in [9.17, 15) is 28.8 Å². The summed E-state index contributed by atoms with van der Waals surface area (Å²) in [4.78, 5) is 72.8. The zero-order valence-electron chi connectivity index (χ0n) is 18.0. The van der Waals surface area contributed by atoms with Crippen LogP contribution in [-0.2, 0) is 28.8 Å². The Morgan fingerprint density at radius 1 is 0.969 bits per heavy atom. The molecule has 1 saturated heterocycles. The Morgan fingerprint density at radius 2 is 1.53 bits per heavy atom. The first-order valence-corrected chi connectivity index (χ1v) is 10.4. The number of likely N-dealkylation sites (tertiary alicyclic amines) is 1. The number of hydrogen-bond donors (Lipinski definition) is 6. The molecule has 1 rings (SSSR count). The Labute approximate surface area is 185 Å². The van der Waals surface area contributed by atoms with Gasteiger partial charge in [0, 0.05) is 39.4 Å². The maximum absolute atomic E-state index is 12.8. The predicted molar refractivity (Wildman–Crippen MR) is 110 cm³/mol. The van der Waals surface area contributed by atoms with Crippen molar-refractivity contribution in [1.29, 1.82) is 0 Å². The van der Waals surface area contributed by atoms with Crippen LogP contribution in [0.5, 0.6) is 0 Å². The molecule has 1 aliphatic rings. The van der Waals surface area contributed by atoms with Gasteiger partial charge in [0.2, 0.25) is 23.6 Å². The summed E-state index contributed by atoms with van der Waals surface area (Å²) < 4.78 is 0. The van der Waals surface area contributed by atoms with Crippen LogP contribution in [0.1, 0.15) is 45.4 Å². The van der Waals surface area contributed by atoms with Gasteiger partial charge in [-0.2, -0.15) is 0 Å². The molecule has 0 aromatic carbocycles. The SMILES string of the molecule is CC(=O)N1CCCC1C(=O)NC(CCC(=O)O)C(=O)NC(CCC(=O)O)C(=O)NCCN. The molecule has 3 unspecified atom stereocenters. The molecular formula is C19H31N5O8. The first-order valence-electron chi connectivity index (χ1n) is 10.4. The second-order valence-corrected chi connectivity index (χ2v) is 7.44. The summed E-state index contributed by atoms with van der Waals surface area (Å²) in [6.45, 7) is 1.97. The normalized spacial score (nSPS) is 17.2. The topological polar surface area (TPSA) is 208 Å². The van der Waals surface area contributed by atoms with E-state index in [1.54, 1.807) is 0 Å². The van der Waals surface area contributed by atoms with E-state index in [1.807, 2.05) is 0 Å². The number of rotatable bonds is 13. The number of aliphatic carboxylic acids is 2. The Morgan fingerprint density at radius 3 is 2.03 bits per heavy atom. The third-order valence-electron chi connectivity index (χ3n) is 4.96. The van der Waals surface area contributed by atoms with Crippen molar-refractivity contribution in [3.05, 3.63) is 0 Å². The van der Waals surface area contributed by atoms with E-state index in [2.05, 4.69) is 16.0 Å². The van der Waals surface area contributed by atoms with Crippen LogP contribution in [0, 0.1) is 0 Å². The summed E-state index contributed by atoms with van der Waals surface area (Å²) in [5.41, 5.74) is 5.34. The van der Waals surface area contributed by atoms with Crippen molar-refractivity contribution in [1.82, 2.24) is 20.9 Å². The zero-order chi connectivity index (χ0) is 24.3. The number of nitrogens with zero attached hydrogens (tertiary/aromatic N) is 1. The van der Waals surface area contributed by atoms with E-state index in [0.29, 0.717) is 19.4 Å². The summed E-state index contributed by atoms with van der Waals surface area (Å²) in [5.74, 6) is -4.72. The fourth-order valence-electron chi connectivity index (χ4n) is 3.35. The molecule has 13 nitrogen and oxygen atoms in total. The molecule has 7 N–H and O–H groups in total. The molecule has 0 bridgehead atoms. The molecule has 0 aromatic heterocycles. The lowest BCUT2D eigenvalue weighted by Crippen LogP contribution is -2.56. The lowest BCUT2D eigenvalue weighted by Gasteiger charge is -2.26. The zero-order valence-corrected chi connectivity index (χ0v) is 18.0.